The Bertz CT molecular complexity index is 1370. The lowest BCUT2D eigenvalue weighted by Crippen LogP contribution is -2.38. The minimum absolute atomic E-state index is 0.0494. The number of carbonyl (C=O) groups is 1. The summed E-state index contributed by atoms with van der Waals surface area (Å²) >= 11 is 1.80. The van der Waals surface area contributed by atoms with Crippen molar-refractivity contribution in [2.45, 2.75) is 32.3 Å². The van der Waals surface area contributed by atoms with Crippen molar-refractivity contribution in [2.24, 2.45) is 5.16 Å². The molecular weight excluding hydrogens is 484 g/mol. The Hall–Kier alpha value is -3.42. The molecule has 192 valence electrons. The number of carbonyl (C=O) groups excluding carboxylic acids is 1. The molecule has 0 N–H and O–H groups in total. The number of likely N-dealkylation sites (tertiary alicyclic amines) is 1. The van der Waals surface area contributed by atoms with Gasteiger partial charge in [-0.3, -0.25) is 4.79 Å². The Morgan fingerprint density at radius 3 is 2.54 bits per heavy atom. The van der Waals surface area contributed by atoms with Crippen LogP contribution in [0.15, 0.2) is 71.9 Å². The Balaban J connectivity index is 1.21. The van der Waals surface area contributed by atoms with Crippen LogP contribution in [0.4, 0.5) is 0 Å². The largest absolute Gasteiger partial charge is 0.484 e. The molecule has 1 fully saturated rings. The second-order valence-corrected chi connectivity index (χ2v) is 10.3. The number of nitrogens with zero attached hydrogens (tertiary/aromatic N) is 2. The molecule has 2 heterocycles. The van der Waals surface area contributed by atoms with E-state index < -0.39 is 0 Å². The van der Waals surface area contributed by atoms with Crippen molar-refractivity contribution in [3.05, 3.63) is 77.9 Å². The normalized spacial score (nSPS) is 14.3. The second-order valence-electron chi connectivity index (χ2n) is 9.24. The molecule has 4 aromatic rings. The van der Waals surface area contributed by atoms with Gasteiger partial charge in [0.25, 0.3) is 5.91 Å². The smallest absolute Gasteiger partial charge is 0.260 e. The predicted octanol–water partition coefficient (Wildman–Crippen LogP) is 6.40. The summed E-state index contributed by atoms with van der Waals surface area (Å²) in [5, 5.41) is 7.01. The number of ether oxygens (including phenoxy) is 2. The fourth-order valence-corrected chi connectivity index (χ4v) is 5.78. The van der Waals surface area contributed by atoms with E-state index in [1.165, 1.54) is 26.6 Å². The lowest BCUT2D eigenvalue weighted by atomic mass is 10.1. The molecule has 6 nitrogen and oxygen atoms in total. The fourth-order valence-electron chi connectivity index (χ4n) is 4.61. The van der Waals surface area contributed by atoms with Gasteiger partial charge >= 0.3 is 0 Å². The van der Waals surface area contributed by atoms with Gasteiger partial charge in [-0.1, -0.05) is 35.5 Å². The van der Waals surface area contributed by atoms with Gasteiger partial charge in [-0.2, -0.15) is 0 Å². The zero-order valence-electron chi connectivity index (χ0n) is 21.2. The topological polar surface area (TPSA) is 60.4 Å². The molecule has 3 aromatic carbocycles. The van der Waals surface area contributed by atoms with Gasteiger partial charge in [0.05, 0.1) is 12.3 Å². The van der Waals surface area contributed by atoms with Crippen molar-refractivity contribution < 1.29 is 19.1 Å². The van der Waals surface area contributed by atoms with Gasteiger partial charge in [0.15, 0.2) is 6.61 Å². The van der Waals surface area contributed by atoms with Crippen molar-refractivity contribution in [1.82, 2.24) is 4.90 Å². The third-order valence-corrected chi connectivity index (χ3v) is 7.78. The third-order valence-electron chi connectivity index (χ3n) is 6.65. The number of oxime groups is 1. The van der Waals surface area contributed by atoms with E-state index in [1.54, 1.807) is 18.4 Å². The van der Waals surface area contributed by atoms with Crippen LogP contribution in [0.1, 0.15) is 36.8 Å². The summed E-state index contributed by atoms with van der Waals surface area (Å²) in [6.07, 6.45) is 3.97. The molecule has 5 rings (SSSR count). The first-order chi connectivity index (χ1) is 18.2. The van der Waals surface area contributed by atoms with Gasteiger partial charge in [-0.15, -0.1) is 11.3 Å². The fraction of sp³-hybridized carbons (Fsp3) is 0.333. The van der Waals surface area contributed by atoms with Crippen molar-refractivity contribution in [2.75, 3.05) is 33.4 Å². The highest BCUT2D eigenvalue weighted by Gasteiger charge is 2.17. The molecule has 1 amide bonds. The number of hydrogen-bond acceptors (Lipinski definition) is 6. The highest BCUT2D eigenvalue weighted by atomic mass is 32.1. The van der Waals surface area contributed by atoms with Gasteiger partial charge in [0.1, 0.15) is 12.4 Å². The molecule has 1 aliphatic heterocycles. The summed E-state index contributed by atoms with van der Waals surface area (Å²) in [5.74, 6) is 0.714. The number of benzene rings is 3. The number of methoxy groups -OCH3 is 1. The monoisotopic (exact) mass is 516 g/mol. The first-order valence-corrected chi connectivity index (χ1v) is 13.6. The molecule has 0 bridgehead atoms. The average Bonchev–Trinajstić information content (AvgIpc) is 3.32. The van der Waals surface area contributed by atoms with E-state index in [0.29, 0.717) is 25.4 Å². The number of hydrogen-bond donors (Lipinski definition) is 0. The first kappa shape index (κ1) is 25.2. The maximum Gasteiger partial charge on any atom is 0.260 e. The first-order valence-electron chi connectivity index (χ1n) is 12.8. The van der Waals surface area contributed by atoms with Crippen LogP contribution < -0.4 is 4.74 Å². The second kappa shape index (κ2) is 12.2. The Morgan fingerprint density at radius 1 is 0.946 bits per heavy atom. The maximum atomic E-state index is 12.4. The summed E-state index contributed by atoms with van der Waals surface area (Å²) in [5.41, 5.74) is 2.82. The van der Waals surface area contributed by atoms with Crippen LogP contribution in [-0.2, 0) is 21.0 Å². The zero-order valence-corrected chi connectivity index (χ0v) is 22.0. The molecule has 1 saturated heterocycles. The molecule has 0 saturated carbocycles. The summed E-state index contributed by atoms with van der Waals surface area (Å²) in [6.45, 7) is 2.66. The molecule has 0 atom stereocenters. The van der Waals surface area contributed by atoms with Gasteiger partial charge in [-0.05, 0) is 66.8 Å². The third kappa shape index (κ3) is 6.29. The SMILES string of the molecule is COCC/C(=N/OCc1ccc2c(c1)sc1ccccc12)c1ccc(OCC(=O)N2CCCCC2)cc1. The Labute approximate surface area is 221 Å². The van der Waals surface area contributed by atoms with Crippen LogP contribution in [0.3, 0.4) is 0 Å². The molecule has 1 aliphatic rings. The number of fused-ring (bicyclic) bond motifs is 3. The lowest BCUT2D eigenvalue weighted by molar-refractivity contribution is -0.134. The van der Waals surface area contributed by atoms with Crippen LogP contribution in [0.5, 0.6) is 5.75 Å². The van der Waals surface area contributed by atoms with Gasteiger partial charge in [0, 0.05) is 46.8 Å². The van der Waals surface area contributed by atoms with Crippen molar-refractivity contribution >= 4 is 43.1 Å². The highest BCUT2D eigenvalue weighted by Crippen LogP contribution is 2.34. The summed E-state index contributed by atoms with van der Waals surface area (Å²) in [7, 11) is 1.68. The standard InChI is InChI=1S/C30H32N2O4S/c1-34-18-15-27(23-10-12-24(13-11-23)35-21-30(33)32-16-5-2-6-17-32)31-36-20-22-9-14-26-25-7-3-4-8-28(25)37-29(26)19-22/h3-4,7-14,19H,2,5-6,15-18,20-21H2,1H3/b31-27-. The molecule has 0 unspecified atom stereocenters. The van der Waals surface area contributed by atoms with Crippen LogP contribution in [-0.4, -0.2) is 49.9 Å². The van der Waals surface area contributed by atoms with Crippen LogP contribution in [0.25, 0.3) is 20.2 Å². The molecule has 7 heteroatoms. The summed E-state index contributed by atoms with van der Waals surface area (Å²) in [4.78, 5) is 20.1. The lowest BCUT2D eigenvalue weighted by Gasteiger charge is -2.26. The van der Waals surface area contributed by atoms with Crippen LogP contribution in [0, 0.1) is 0 Å². The Kier molecular flexibility index (Phi) is 8.33. The van der Waals surface area contributed by atoms with Crippen molar-refractivity contribution in [3.63, 3.8) is 0 Å². The van der Waals surface area contributed by atoms with E-state index in [0.717, 1.165) is 42.8 Å². The number of amides is 1. The van der Waals surface area contributed by atoms with Crippen molar-refractivity contribution in [3.8, 4) is 5.75 Å². The predicted molar refractivity (Wildman–Crippen MR) is 150 cm³/mol. The van der Waals surface area contributed by atoms with E-state index >= 15 is 0 Å². The highest BCUT2D eigenvalue weighted by molar-refractivity contribution is 7.25. The zero-order chi connectivity index (χ0) is 25.5. The quantitative estimate of drug-likeness (QED) is 0.181. The van der Waals surface area contributed by atoms with E-state index in [9.17, 15) is 4.79 Å². The molecule has 0 spiro atoms. The average molecular weight is 517 g/mol. The van der Waals surface area contributed by atoms with E-state index in [-0.39, 0.29) is 12.5 Å². The summed E-state index contributed by atoms with van der Waals surface area (Å²) in [6, 6.07) is 22.6. The molecule has 1 aromatic heterocycles. The van der Waals surface area contributed by atoms with Crippen LogP contribution >= 0.6 is 11.3 Å². The minimum Gasteiger partial charge on any atom is -0.484 e. The minimum atomic E-state index is 0.0494. The number of thiophene rings is 1. The van der Waals surface area contributed by atoms with Gasteiger partial charge < -0.3 is 19.2 Å². The van der Waals surface area contributed by atoms with E-state index in [1.807, 2.05) is 29.2 Å². The molecular formula is C30H32N2O4S. The molecule has 0 radical (unpaired) electrons. The van der Waals surface area contributed by atoms with Crippen LogP contribution in [0.2, 0.25) is 0 Å². The Morgan fingerprint density at radius 2 is 1.73 bits per heavy atom. The van der Waals surface area contributed by atoms with Gasteiger partial charge in [0.2, 0.25) is 0 Å². The number of rotatable bonds is 10. The molecule has 0 aliphatic carbocycles. The number of piperidine rings is 1. The van der Waals surface area contributed by atoms with E-state index in [4.69, 9.17) is 14.3 Å². The van der Waals surface area contributed by atoms with E-state index in [2.05, 4.69) is 47.6 Å². The maximum absolute atomic E-state index is 12.4. The van der Waals surface area contributed by atoms with Gasteiger partial charge in [-0.25, -0.2) is 0 Å². The van der Waals surface area contributed by atoms with Crippen molar-refractivity contribution in [1.29, 1.82) is 0 Å². The molecule has 37 heavy (non-hydrogen) atoms. The summed E-state index contributed by atoms with van der Waals surface area (Å²) < 4.78 is 13.6.